The van der Waals surface area contributed by atoms with Gasteiger partial charge in [0.15, 0.2) is 0 Å². The van der Waals surface area contributed by atoms with Crippen LogP contribution in [0.3, 0.4) is 0 Å². The molecule has 2 N–H and O–H groups in total. The second-order valence-corrected chi connectivity index (χ2v) is 5.03. The minimum absolute atomic E-state index is 0.0814. The molecule has 0 aliphatic carbocycles. The Balaban J connectivity index is 1.96. The largest absolute Gasteiger partial charge is 0.324 e. The van der Waals surface area contributed by atoms with Crippen LogP contribution in [0, 0.1) is 24.5 Å². The summed E-state index contributed by atoms with van der Waals surface area (Å²) >= 11 is 0. The zero-order chi connectivity index (χ0) is 13.8. The van der Waals surface area contributed by atoms with Gasteiger partial charge in [0.25, 0.3) is 0 Å². The number of benzene rings is 1. The van der Waals surface area contributed by atoms with Crippen LogP contribution in [-0.2, 0) is 4.79 Å². The van der Waals surface area contributed by atoms with E-state index in [4.69, 9.17) is 0 Å². The first-order valence-electron chi connectivity index (χ1n) is 6.52. The fraction of sp³-hybridized carbons (Fsp3) is 0.500. The Morgan fingerprint density at radius 1 is 1.32 bits per heavy atom. The topological polar surface area (TPSA) is 41.1 Å². The summed E-state index contributed by atoms with van der Waals surface area (Å²) < 4.78 is 26.9. The highest BCUT2D eigenvalue weighted by atomic mass is 19.1. The Labute approximate surface area is 111 Å². The lowest BCUT2D eigenvalue weighted by atomic mass is 9.94. The smallest absolute Gasteiger partial charge is 0.224 e. The van der Waals surface area contributed by atoms with E-state index in [-0.39, 0.29) is 17.2 Å². The molecule has 0 aromatic heterocycles. The number of carbonyl (C=O) groups is 1. The highest BCUT2D eigenvalue weighted by molar-refractivity contribution is 5.91. The number of nitrogens with one attached hydrogen (secondary N) is 2. The molecule has 1 heterocycles. The van der Waals surface area contributed by atoms with Crippen LogP contribution in [-0.4, -0.2) is 19.0 Å². The minimum atomic E-state index is -0.599. The Hall–Kier alpha value is -1.49. The van der Waals surface area contributed by atoms with E-state index in [1.54, 1.807) is 0 Å². The van der Waals surface area contributed by atoms with Crippen LogP contribution in [0.4, 0.5) is 14.5 Å². The first-order valence-corrected chi connectivity index (χ1v) is 6.52. The van der Waals surface area contributed by atoms with Crippen molar-refractivity contribution in [1.82, 2.24) is 5.32 Å². The van der Waals surface area contributed by atoms with Gasteiger partial charge in [-0.15, -0.1) is 0 Å². The average Bonchev–Trinajstić information content (AvgIpc) is 2.37. The number of hydrogen-bond acceptors (Lipinski definition) is 2. The van der Waals surface area contributed by atoms with Crippen LogP contribution in [0.5, 0.6) is 0 Å². The van der Waals surface area contributed by atoms with Gasteiger partial charge in [-0.25, -0.2) is 8.78 Å². The van der Waals surface area contributed by atoms with Crippen LogP contribution >= 0.6 is 0 Å². The first kappa shape index (κ1) is 13.9. The molecule has 0 unspecified atom stereocenters. The van der Waals surface area contributed by atoms with Crippen molar-refractivity contribution >= 4 is 11.6 Å². The SMILES string of the molecule is Cc1cc(F)c(NC(=O)CC2CCNCC2)cc1F. The maximum atomic E-state index is 13.6. The second kappa shape index (κ2) is 6.10. The van der Waals surface area contributed by atoms with E-state index in [9.17, 15) is 13.6 Å². The van der Waals surface area contributed by atoms with Crippen molar-refractivity contribution in [2.24, 2.45) is 5.92 Å². The van der Waals surface area contributed by atoms with Crippen LogP contribution < -0.4 is 10.6 Å². The number of anilines is 1. The van der Waals surface area contributed by atoms with Crippen molar-refractivity contribution in [1.29, 1.82) is 0 Å². The monoisotopic (exact) mass is 268 g/mol. The molecule has 2 rings (SSSR count). The van der Waals surface area contributed by atoms with Gasteiger partial charge in [-0.3, -0.25) is 4.79 Å². The molecule has 0 atom stereocenters. The molecule has 5 heteroatoms. The third kappa shape index (κ3) is 3.73. The molecule has 1 aromatic rings. The van der Waals surface area contributed by atoms with Crippen molar-refractivity contribution in [2.45, 2.75) is 26.2 Å². The minimum Gasteiger partial charge on any atom is -0.324 e. The molecule has 19 heavy (non-hydrogen) atoms. The molecule has 1 aromatic carbocycles. The number of aryl methyl sites for hydroxylation is 1. The fourth-order valence-electron chi connectivity index (χ4n) is 2.29. The Kier molecular flexibility index (Phi) is 4.47. The zero-order valence-electron chi connectivity index (χ0n) is 10.9. The van der Waals surface area contributed by atoms with Gasteiger partial charge in [-0.2, -0.15) is 0 Å². The number of rotatable bonds is 3. The zero-order valence-corrected chi connectivity index (χ0v) is 10.9. The van der Waals surface area contributed by atoms with E-state index in [0.29, 0.717) is 12.3 Å². The number of amides is 1. The fourth-order valence-corrected chi connectivity index (χ4v) is 2.29. The standard InChI is InChI=1S/C14H18F2N2O/c1-9-6-12(16)13(8-11(9)15)18-14(19)7-10-2-4-17-5-3-10/h6,8,10,17H,2-5,7H2,1H3,(H,18,19). The molecule has 1 fully saturated rings. The summed E-state index contributed by atoms with van der Waals surface area (Å²) in [6.07, 6.45) is 2.24. The van der Waals surface area contributed by atoms with Gasteiger partial charge >= 0.3 is 0 Å². The molecule has 1 aliphatic rings. The average molecular weight is 268 g/mol. The molecule has 1 saturated heterocycles. The molecular weight excluding hydrogens is 250 g/mol. The van der Waals surface area contributed by atoms with Gasteiger partial charge in [0.1, 0.15) is 11.6 Å². The number of hydrogen-bond donors (Lipinski definition) is 2. The lowest BCUT2D eigenvalue weighted by molar-refractivity contribution is -0.117. The third-order valence-electron chi connectivity index (χ3n) is 3.46. The Morgan fingerprint density at radius 3 is 2.68 bits per heavy atom. The predicted molar refractivity (Wildman–Crippen MR) is 69.9 cm³/mol. The van der Waals surface area contributed by atoms with Crippen LogP contribution in [0.15, 0.2) is 12.1 Å². The summed E-state index contributed by atoms with van der Waals surface area (Å²) in [5.74, 6) is -1.05. The van der Waals surface area contributed by atoms with Gasteiger partial charge in [0.2, 0.25) is 5.91 Å². The third-order valence-corrected chi connectivity index (χ3v) is 3.46. The molecule has 0 radical (unpaired) electrons. The molecular formula is C14H18F2N2O. The normalized spacial score (nSPS) is 16.4. The molecule has 3 nitrogen and oxygen atoms in total. The van der Waals surface area contributed by atoms with E-state index in [1.165, 1.54) is 6.92 Å². The highest BCUT2D eigenvalue weighted by Gasteiger charge is 2.18. The van der Waals surface area contributed by atoms with Crippen LogP contribution in [0.1, 0.15) is 24.8 Å². The van der Waals surface area contributed by atoms with Gasteiger partial charge in [-0.05, 0) is 50.4 Å². The molecule has 1 aliphatic heterocycles. The van der Waals surface area contributed by atoms with Gasteiger partial charge in [0.05, 0.1) is 5.69 Å². The molecule has 104 valence electrons. The molecule has 0 bridgehead atoms. The summed E-state index contributed by atoms with van der Waals surface area (Å²) in [5.41, 5.74) is 0.149. The summed E-state index contributed by atoms with van der Waals surface area (Å²) in [5, 5.41) is 5.67. The summed E-state index contributed by atoms with van der Waals surface area (Å²) in [6.45, 7) is 3.30. The number of piperidine rings is 1. The van der Waals surface area contributed by atoms with Gasteiger partial charge in [-0.1, -0.05) is 0 Å². The summed E-state index contributed by atoms with van der Waals surface area (Å²) in [6, 6.07) is 2.13. The maximum Gasteiger partial charge on any atom is 0.224 e. The Bertz CT molecular complexity index is 471. The summed E-state index contributed by atoms with van der Waals surface area (Å²) in [4.78, 5) is 11.8. The van der Waals surface area contributed by atoms with Crippen LogP contribution in [0.2, 0.25) is 0 Å². The van der Waals surface area contributed by atoms with Crippen molar-refractivity contribution in [3.63, 3.8) is 0 Å². The lowest BCUT2D eigenvalue weighted by Gasteiger charge is -2.22. The van der Waals surface area contributed by atoms with Crippen molar-refractivity contribution in [3.8, 4) is 0 Å². The molecule has 1 amide bonds. The number of carbonyl (C=O) groups excluding carboxylic acids is 1. The highest BCUT2D eigenvalue weighted by Crippen LogP contribution is 2.21. The van der Waals surface area contributed by atoms with E-state index < -0.39 is 11.6 Å². The van der Waals surface area contributed by atoms with Crippen molar-refractivity contribution in [2.75, 3.05) is 18.4 Å². The van der Waals surface area contributed by atoms with Gasteiger partial charge in [0, 0.05) is 12.5 Å². The quantitative estimate of drug-likeness (QED) is 0.884. The second-order valence-electron chi connectivity index (χ2n) is 5.03. The van der Waals surface area contributed by atoms with Crippen molar-refractivity contribution < 1.29 is 13.6 Å². The summed E-state index contributed by atoms with van der Waals surface area (Å²) in [7, 11) is 0. The molecule has 0 saturated carbocycles. The Morgan fingerprint density at radius 2 is 2.00 bits per heavy atom. The van der Waals surface area contributed by atoms with E-state index in [0.717, 1.165) is 38.1 Å². The molecule has 0 spiro atoms. The van der Waals surface area contributed by atoms with E-state index in [2.05, 4.69) is 10.6 Å². The van der Waals surface area contributed by atoms with E-state index >= 15 is 0 Å². The predicted octanol–water partition coefficient (Wildman–Crippen LogP) is 2.60. The van der Waals surface area contributed by atoms with E-state index in [1.807, 2.05) is 0 Å². The first-order chi connectivity index (χ1) is 9.06. The number of halogens is 2. The van der Waals surface area contributed by atoms with Gasteiger partial charge < -0.3 is 10.6 Å². The van der Waals surface area contributed by atoms with Crippen molar-refractivity contribution in [3.05, 3.63) is 29.3 Å². The lowest BCUT2D eigenvalue weighted by Crippen LogP contribution is -2.30. The maximum absolute atomic E-state index is 13.6. The van der Waals surface area contributed by atoms with Crippen LogP contribution in [0.25, 0.3) is 0 Å².